The van der Waals surface area contributed by atoms with E-state index in [-0.39, 0.29) is 11.3 Å². The minimum absolute atomic E-state index is 0.118. The topological polar surface area (TPSA) is 20.3 Å². The SMILES string of the molecule is CC1(C)CCN(CC(=O)c2ccccc2F)CC1. The average molecular weight is 249 g/mol. The van der Waals surface area contributed by atoms with Crippen LogP contribution in [0.5, 0.6) is 0 Å². The van der Waals surface area contributed by atoms with Gasteiger partial charge in [-0.2, -0.15) is 0 Å². The first-order valence-corrected chi connectivity index (χ1v) is 6.48. The summed E-state index contributed by atoms with van der Waals surface area (Å²) in [5, 5.41) is 0. The van der Waals surface area contributed by atoms with Gasteiger partial charge in [-0.05, 0) is 43.5 Å². The van der Waals surface area contributed by atoms with Crippen molar-refractivity contribution < 1.29 is 9.18 Å². The van der Waals surface area contributed by atoms with Gasteiger partial charge in [-0.15, -0.1) is 0 Å². The number of benzene rings is 1. The summed E-state index contributed by atoms with van der Waals surface area (Å²) in [4.78, 5) is 14.1. The van der Waals surface area contributed by atoms with Crippen LogP contribution in [0.3, 0.4) is 0 Å². The molecule has 0 saturated carbocycles. The van der Waals surface area contributed by atoms with Crippen molar-refractivity contribution in [2.24, 2.45) is 5.41 Å². The lowest BCUT2D eigenvalue weighted by Gasteiger charge is -2.36. The Hall–Kier alpha value is -1.22. The van der Waals surface area contributed by atoms with Crippen LogP contribution >= 0.6 is 0 Å². The summed E-state index contributed by atoms with van der Waals surface area (Å²) in [5.74, 6) is -0.535. The van der Waals surface area contributed by atoms with Gasteiger partial charge >= 0.3 is 0 Å². The van der Waals surface area contributed by atoms with E-state index in [9.17, 15) is 9.18 Å². The van der Waals surface area contributed by atoms with Gasteiger partial charge in [-0.25, -0.2) is 4.39 Å². The largest absolute Gasteiger partial charge is 0.296 e. The number of ketones is 1. The maximum Gasteiger partial charge on any atom is 0.179 e. The van der Waals surface area contributed by atoms with Crippen molar-refractivity contribution in [1.29, 1.82) is 0 Å². The van der Waals surface area contributed by atoms with E-state index < -0.39 is 5.82 Å². The maximum atomic E-state index is 13.5. The molecule has 1 aliphatic heterocycles. The molecule has 0 radical (unpaired) electrons. The molecule has 0 unspecified atom stereocenters. The lowest BCUT2D eigenvalue weighted by Crippen LogP contribution is -2.40. The minimum atomic E-state index is -0.417. The molecule has 98 valence electrons. The van der Waals surface area contributed by atoms with E-state index >= 15 is 0 Å². The highest BCUT2D eigenvalue weighted by Crippen LogP contribution is 2.29. The molecule has 1 aromatic carbocycles. The van der Waals surface area contributed by atoms with Crippen LogP contribution in [-0.4, -0.2) is 30.3 Å². The van der Waals surface area contributed by atoms with E-state index in [1.54, 1.807) is 18.2 Å². The van der Waals surface area contributed by atoms with Gasteiger partial charge in [0.05, 0.1) is 12.1 Å². The predicted octanol–water partition coefficient (Wildman–Crippen LogP) is 3.13. The summed E-state index contributed by atoms with van der Waals surface area (Å²) in [7, 11) is 0. The first-order chi connectivity index (χ1) is 8.48. The van der Waals surface area contributed by atoms with Crippen molar-refractivity contribution in [2.45, 2.75) is 26.7 Å². The van der Waals surface area contributed by atoms with Crippen LogP contribution in [-0.2, 0) is 0 Å². The Bertz CT molecular complexity index is 432. The second kappa shape index (κ2) is 5.19. The Morgan fingerprint density at radius 1 is 1.28 bits per heavy atom. The van der Waals surface area contributed by atoms with Gasteiger partial charge in [0.1, 0.15) is 5.82 Å². The predicted molar refractivity (Wildman–Crippen MR) is 70.2 cm³/mol. The summed E-state index contributed by atoms with van der Waals surface area (Å²) in [6.07, 6.45) is 2.19. The fraction of sp³-hybridized carbons (Fsp3) is 0.533. The van der Waals surface area contributed by atoms with Crippen LogP contribution in [0.4, 0.5) is 4.39 Å². The van der Waals surface area contributed by atoms with Gasteiger partial charge in [0.15, 0.2) is 5.78 Å². The molecule has 1 heterocycles. The Morgan fingerprint density at radius 3 is 2.50 bits per heavy atom. The van der Waals surface area contributed by atoms with Gasteiger partial charge in [-0.1, -0.05) is 26.0 Å². The summed E-state index contributed by atoms with van der Waals surface area (Å²) < 4.78 is 13.5. The second-order valence-electron chi connectivity index (χ2n) is 5.84. The molecule has 0 aliphatic carbocycles. The number of piperidine rings is 1. The van der Waals surface area contributed by atoms with Crippen LogP contribution in [0.1, 0.15) is 37.0 Å². The van der Waals surface area contributed by atoms with Crippen LogP contribution in [0.15, 0.2) is 24.3 Å². The Balaban J connectivity index is 1.95. The van der Waals surface area contributed by atoms with E-state index in [0.717, 1.165) is 25.9 Å². The molecule has 0 N–H and O–H groups in total. The fourth-order valence-corrected chi connectivity index (χ4v) is 2.29. The van der Waals surface area contributed by atoms with E-state index in [1.165, 1.54) is 6.07 Å². The van der Waals surface area contributed by atoms with Crippen molar-refractivity contribution in [2.75, 3.05) is 19.6 Å². The highest BCUT2D eigenvalue weighted by atomic mass is 19.1. The zero-order valence-corrected chi connectivity index (χ0v) is 11.1. The monoisotopic (exact) mass is 249 g/mol. The number of nitrogens with zero attached hydrogens (tertiary/aromatic N) is 1. The summed E-state index contributed by atoms with van der Waals surface area (Å²) >= 11 is 0. The molecule has 0 atom stereocenters. The van der Waals surface area contributed by atoms with Gasteiger partial charge in [0, 0.05) is 0 Å². The molecule has 1 saturated heterocycles. The molecule has 0 bridgehead atoms. The number of hydrogen-bond acceptors (Lipinski definition) is 2. The molecule has 3 heteroatoms. The molecular weight excluding hydrogens is 229 g/mol. The third kappa shape index (κ3) is 3.16. The molecule has 1 aromatic rings. The third-order valence-corrected chi connectivity index (χ3v) is 3.75. The highest BCUT2D eigenvalue weighted by Gasteiger charge is 2.26. The van der Waals surface area contributed by atoms with Crippen molar-refractivity contribution in [3.63, 3.8) is 0 Å². The molecule has 2 nitrogen and oxygen atoms in total. The van der Waals surface area contributed by atoms with Crippen molar-refractivity contribution in [3.8, 4) is 0 Å². The molecule has 0 aromatic heterocycles. The van der Waals surface area contributed by atoms with Gasteiger partial charge in [0.25, 0.3) is 0 Å². The number of hydrogen-bond donors (Lipinski definition) is 0. The smallest absolute Gasteiger partial charge is 0.179 e. The van der Waals surface area contributed by atoms with Gasteiger partial charge in [-0.3, -0.25) is 9.69 Å². The quantitative estimate of drug-likeness (QED) is 0.767. The number of halogens is 1. The van der Waals surface area contributed by atoms with Crippen LogP contribution in [0, 0.1) is 11.2 Å². The number of carbonyl (C=O) groups excluding carboxylic acids is 1. The first kappa shape index (κ1) is 13.2. The molecular formula is C15H20FNO. The highest BCUT2D eigenvalue weighted by molar-refractivity contribution is 5.97. The van der Waals surface area contributed by atoms with E-state index in [1.807, 2.05) is 0 Å². The average Bonchev–Trinajstić information content (AvgIpc) is 2.32. The minimum Gasteiger partial charge on any atom is -0.296 e. The molecule has 18 heavy (non-hydrogen) atoms. The zero-order valence-electron chi connectivity index (χ0n) is 11.1. The van der Waals surface area contributed by atoms with Crippen LogP contribution < -0.4 is 0 Å². The Kier molecular flexibility index (Phi) is 3.81. The van der Waals surface area contributed by atoms with Crippen LogP contribution in [0.25, 0.3) is 0 Å². The lowest BCUT2D eigenvalue weighted by molar-refractivity contribution is 0.0842. The maximum absolute atomic E-state index is 13.5. The van der Waals surface area contributed by atoms with Crippen LogP contribution in [0.2, 0.25) is 0 Å². The first-order valence-electron chi connectivity index (χ1n) is 6.48. The third-order valence-electron chi connectivity index (χ3n) is 3.75. The summed E-state index contributed by atoms with van der Waals surface area (Å²) in [5.41, 5.74) is 0.583. The number of likely N-dealkylation sites (tertiary alicyclic amines) is 1. The normalized spacial score (nSPS) is 19.7. The Labute approximate surface area is 108 Å². The van der Waals surface area contributed by atoms with Crippen molar-refractivity contribution in [1.82, 2.24) is 4.90 Å². The lowest BCUT2D eigenvalue weighted by atomic mass is 9.82. The summed E-state index contributed by atoms with van der Waals surface area (Å²) in [6, 6.07) is 6.21. The van der Waals surface area contributed by atoms with Crippen molar-refractivity contribution >= 4 is 5.78 Å². The molecule has 2 rings (SSSR count). The molecule has 0 amide bonds. The van der Waals surface area contributed by atoms with E-state index in [0.29, 0.717) is 12.0 Å². The van der Waals surface area contributed by atoms with Gasteiger partial charge in [0.2, 0.25) is 0 Å². The number of rotatable bonds is 3. The number of carbonyl (C=O) groups is 1. The van der Waals surface area contributed by atoms with E-state index in [2.05, 4.69) is 18.7 Å². The van der Waals surface area contributed by atoms with Crippen molar-refractivity contribution in [3.05, 3.63) is 35.6 Å². The zero-order chi connectivity index (χ0) is 13.2. The fourth-order valence-electron chi connectivity index (χ4n) is 2.29. The van der Waals surface area contributed by atoms with E-state index in [4.69, 9.17) is 0 Å². The number of Topliss-reactive ketones (excluding diaryl/α,β-unsaturated/α-hetero) is 1. The molecule has 1 fully saturated rings. The molecule has 0 spiro atoms. The van der Waals surface area contributed by atoms with Gasteiger partial charge < -0.3 is 0 Å². The Morgan fingerprint density at radius 2 is 1.89 bits per heavy atom. The second-order valence-corrected chi connectivity index (χ2v) is 5.84. The molecule has 1 aliphatic rings. The summed E-state index contributed by atoms with van der Waals surface area (Å²) in [6.45, 7) is 6.68. The standard InChI is InChI=1S/C15H20FNO/c1-15(2)7-9-17(10-8-15)11-14(18)12-5-3-4-6-13(12)16/h3-6H,7-11H2,1-2H3.